The average molecular weight is 295 g/mol. The molecule has 1 saturated heterocycles. The standard InChI is InChI=1S/C13H13NO5S/c15-13(18-9-10-5-2-1-3-6-10)14-11-7-4-8-12(11)19-20(14,16)17/h1-7,11-12H,8-9H2/t11-,12+/m0/s1. The van der Waals surface area contributed by atoms with Crippen LogP contribution in [0.3, 0.4) is 0 Å². The highest BCUT2D eigenvalue weighted by Gasteiger charge is 2.50. The lowest BCUT2D eigenvalue weighted by Crippen LogP contribution is -2.39. The Morgan fingerprint density at radius 1 is 1.35 bits per heavy atom. The normalized spacial score (nSPS) is 26.5. The predicted octanol–water partition coefficient (Wildman–Crippen LogP) is 1.60. The summed E-state index contributed by atoms with van der Waals surface area (Å²) in [7, 11) is -4.04. The lowest BCUT2D eigenvalue weighted by atomic mass is 10.2. The minimum absolute atomic E-state index is 0.0206. The van der Waals surface area contributed by atoms with Crippen LogP contribution in [0.1, 0.15) is 12.0 Å². The van der Waals surface area contributed by atoms with E-state index < -0.39 is 28.5 Å². The van der Waals surface area contributed by atoms with E-state index in [9.17, 15) is 13.2 Å². The first-order valence-corrected chi connectivity index (χ1v) is 7.54. The summed E-state index contributed by atoms with van der Waals surface area (Å²) < 4.78 is 34.2. The Labute approximate surface area is 116 Å². The molecule has 0 radical (unpaired) electrons. The van der Waals surface area contributed by atoms with Gasteiger partial charge in [0.25, 0.3) is 0 Å². The van der Waals surface area contributed by atoms with E-state index in [0.717, 1.165) is 5.56 Å². The Bertz CT molecular complexity index is 640. The van der Waals surface area contributed by atoms with Gasteiger partial charge in [-0.1, -0.05) is 42.5 Å². The van der Waals surface area contributed by atoms with Crippen LogP contribution in [0.15, 0.2) is 42.5 Å². The summed E-state index contributed by atoms with van der Waals surface area (Å²) in [5, 5.41) is 0. The van der Waals surface area contributed by atoms with Crippen LogP contribution < -0.4 is 0 Å². The second-order valence-electron chi connectivity index (χ2n) is 4.58. The van der Waals surface area contributed by atoms with Crippen LogP contribution in [0.2, 0.25) is 0 Å². The number of nitrogens with zero attached hydrogens (tertiary/aromatic N) is 1. The van der Waals surface area contributed by atoms with Crippen molar-refractivity contribution in [2.75, 3.05) is 0 Å². The third-order valence-electron chi connectivity index (χ3n) is 3.22. The molecule has 6 nitrogen and oxygen atoms in total. The molecule has 2 aliphatic rings. The molecule has 1 aromatic rings. The van der Waals surface area contributed by atoms with Crippen LogP contribution in [0.5, 0.6) is 0 Å². The van der Waals surface area contributed by atoms with Crippen molar-refractivity contribution in [3.63, 3.8) is 0 Å². The van der Waals surface area contributed by atoms with E-state index in [4.69, 9.17) is 8.92 Å². The maximum atomic E-state index is 12.0. The maximum absolute atomic E-state index is 12.0. The molecule has 3 rings (SSSR count). The molecule has 1 aliphatic heterocycles. The molecule has 1 heterocycles. The molecule has 0 aromatic heterocycles. The van der Waals surface area contributed by atoms with Crippen LogP contribution in [0.4, 0.5) is 4.79 Å². The number of hydrogen-bond donors (Lipinski definition) is 0. The highest BCUT2D eigenvalue weighted by atomic mass is 32.2. The van der Waals surface area contributed by atoms with Crippen LogP contribution in [-0.2, 0) is 25.8 Å². The summed E-state index contributed by atoms with van der Waals surface area (Å²) in [6.45, 7) is 0.0206. The quantitative estimate of drug-likeness (QED) is 0.775. The first-order chi connectivity index (χ1) is 9.58. The Hall–Kier alpha value is -1.86. The molecule has 1 aliphatic carbocycles. The summed E-state index contributed by atoms with van der Waals surface area (Å²) in [5.74, 6) is 0. The van der Waals surface area contributed by atoms with Gasteiger partial charge in [-0.2, -0.15) is 12.7 Å². The fourth-order valence-electron chi connectivity index (χ4n) is 2.29. The number of carbonyl (C=O) groups is 1. The summed E-state index contributed by atoms with van der Waals surface area (Å²) in [4.78, 5) is 12.0. The highest BCUT2D eigenvalue weighted by molar-refractivity contribution is 7.85. The molecule has 1 aromatic carbocycles. The second kappa shape index (κ2) is 4.92. The molecule has 0 saturated carbocycles. The van der Waals surface area contributed by atoms with Gasteiger partial charge in [-0.3, -0.25) is 0 Å². The SMILES string of the molecule is O=C(OCc1ccccc1)N1[C@H]2C=CC[C@H]2OS1(=O)=O. The molecule has 0 bridgehead atoms. The number of ether oxygens (including phenoxy) is 1. The molecule has 0 spiro atoms. The second-order valence-corrected chi connectivity index (χ2v) is 6.02. The van der Waals surface area contributed by atoms with E-state index in [1.54, 1.807) is 24.3 Å². The van der Waals surface area contributed by atoms with E-state index in [2.05, 4.69) is 0 Å². The minimum atomic E-state index is -4.04. The molecular formula is C13H13NO5S. The Morgan fingerprint density at radius 2 is 2.10 bits per heavy atom. The fourth-order valence-corrected chi connectivity index (χ4v) is 3.63. The summed E-state index contributed by atoms with van der Waals surface area (Å²) in [6, 6.07) is 8.46. The zero-order valence-electron chi connectivity index (χ0n) is 10.5. The van der Waals surface area contributed by atoms with Crippen LogP contribution in [-0.4, -0.2) is 31.0 Å². The van der Waals surface area contributed by atoms with Crippen molar-refractivity contribution in [3.05, 3.63) is 48.0 Å². The van der Waals surface area contributed by atoms with E-state index >= 15 is 0 Å². The van der Waals surface area contributed by atoms with Crippen LogP contribution >= 0.6 is 0 Å². The smallest absolute Gasteiger partial charge is 0.426 e. The monoisotopic (exact) mass is 295 g/mol. The van der Waals surface area contributed by atoms with Gasteiger partial charge in [0.15, 0.2) is 0 Å². The largest absolute Gasteiger partial charge is 0.444 e. The van der Waals surface area contributed by atoms with Gasteiger partial charge in [0.2, 0.25) is 0 Å². The molecule has 1 fully saturated rings. The summed E-state index contributed by atoms with van der Waals surface area (Å²) in [5.41, 5.74) is 0.789. The first-order valence-electron chi connectivity index (χ1n) is 6.18. The zero-order chi connectivity index (χ0) is 14.2. The lowest BCUT2D eigenvalue weighted by Gasteiger charge is -2.17. The molecule has 0 N–H and O–H groups in total. The molecule has 106 valence electrons. The molecular weight excluding hydrogens is 282 g/mol. The highest BCUT2D eigenvalue weighted by Crippen LogP contribution is 2.32. The number of hydrogen-bond acceptors (Lipinski definition) is 5. The van der Waals surface area contributed by atoms with Crippen molar-refractivity contribution in [2.45, 2.75) is 25.2 Å². The third-order valence-corrected chi connectivity index (χ3v) is 4.59. The van der Waals surface area contributed by atoms with Crippen LogP contribution in [0.25, 0.3) is 0 Å². The lowest BCUT2D eigenvalue weighted by molar-refractivity contribution is 0.114. The van der Waals surface area contributed by atoms with Gasteiger partial charge in [-0.25, -0.2) is 8.98 Å². The number of rotatable bonds is 2. The van der Waals surface area contributed by atoms with E-state index in [0.29, 0.717) is 10.7 Å². The van der Waals surface area contributed by atoms with Gasteiger partial charge in [-0.15, -0.1) is 0 Å². The summed E-state index contributed by atoms with van der Waals surface area (Å²) >= 11 is 0. The van der Waals surface area contributed by atoms with Crippen molar-refractivity contribution >= 4 is 16.4 Å². The van der Waals surface area contributed by atoms with Gasteiger partial charge in [-0.05, 0) is 12.0 Å². The van der Waals surface area contributed by atoms with Crippen molar-refractivity contribution in [3.8, 4) is 0 Å². The average Bonchev–Trinajstić information content (AvgIpc) is 2.93. The summed E-state index contributed by atoms with van der Waals surface area (Å²) in [6.07, 6.45) is 2.49. The molecule has 0 unspecified atom stereocenters. The van der Waals surface area contributed by atoms with Crippen LogP contribution in [0, 0.1) is 0 Å². The van der Waals surface area contributed by atoms with Crippen molar-refractivity contribution in [1.29, 1.82) is 0 Å². The van der Waals surface area contributed by atoms with Gasteiger partial charge in [0, 0.05) is 0 Å². The van der Waals surface area contributed by atoms with Crippen molar-refractivity contribution in [1.82, 2.24) is 4.31 Å². The van der Waals surface area contributed by atoms with Gasteiger partial charge < -0.3 is 4.74 Å². The molecule has 7 heteroatoms. The number of benzene rings is 1. The van der Waals surface area contributed by atoms with Crippen molar-refractivity contribution < 1.29 is 22.1 Å². The third kappa shape index (κ3) is 2.30. The minimum Gasteiger partial charge on any atom is -0.444 e. The van der Waals surface area contributed by atoms with Crippen molar-refractivity contribution in [2.24, 2.45) is 0 Å². The van der Waals surface area contributed by atoms with Gasteiger partial charge in [0.05, 0.1) is 6.04 Å². The number of carbonyl (C=O) groups excluding carboxylic acids is 1. The fraction of sp³-hybridized carbons (Fsp3) is 0.308. The molecule has 1 amide bonds. The number of fused-ring (bicyclic) bond motifs is 1. The Balaban J connectivity index is 1.72. The Kier molecular flexibility index (Phi) is 3.23. The topological polar surface area (TPSA) is 72.9 Å². The predicted molar refractivity (Wildman–Crippen MR) is 69.8 cm³/mol. The molecule has 2 atom stereocenters. The van der Waals surface area contributed by atoms with E-state index in [1.807, 2.05) is 18.2 Å². The number of amides is 1. The molecule has 20 heavy (non-hydrogen) atoms. The van der Waals surface area contributed by atoms with E-state index in [-0.39, 0.29) is 6.61 Å². The van der Waals surface area contributed by atoms with Gasteiger partial charge >= 0.3 is 16.4 Å². The first kappa shape index (κ1) is 13.1. The van der Waals surface area contributed by atoms with E-state index in [1.165, 1.54) is 0 Å². The maximum Gasteiger partial charge on any atom is 0.426 e. The zero-order valence-corrected chi connectivity index (χ0v) is 11.3. The Morgan fingerprint density at radius 3 is 2.85 bits per heavy atom. The van der Waals surface area contributed by atoms with Gasteiger partial charge in [0.1, 0.15) is 12.7 Å².